The van der Waals surface area contributed by atoms with E-state index in [2.05, 4.69) is 16.3 Å². The van der Waals surface area contributed by atoms with Crippen LogP contribution in [-0.2, 0) is 9.53 Å². The number of carbonyl (C=O) groups is 1. The normalized spacial score (nSPS) is 11.9. The van der Waals surface area contributed by atoms with Crippen molar-refractivity contribution in [1.82, 2.24) is 14.8 Å². The van der Waals surface area contributed by atoms with Crippen LogP contribution in [0.25, 0.3) is 17.1 Å². The standard InChI is InChI=1S/C20H21N3O3S/c1-13-6-5-7-15(12-13)18-21-22-20(27-14(2)19(24)26-4)23(18)16-8-10-17(25-3)11-9-16/h5-12,14H,1-4H3. The molecule has 3 aromatic rings. The fourth-order valence-electron chi connectivity index (χ4n) is 2.65. The lowest BCUT2D eigenvalue weighted by Gasteiger charge is -2.13. The number of benzene rings is 2. The average molecular weight is 383 g/mol. The number of ether oxygens (including phenoxy) is 2. The van der Waals surface area contributed by atoms with E-state index >= 15 is 0 Å². The van der Waals surface area contributed by atoms with Gasteiger partial charge in [0.1, 0.15) is 11.0 Å². The van der Waals surface area contributed by atoms with Gasteiger partial charge in [-0.05, 0) is 44.2 Å². The molecule has 27 heavy (non-hydrogen) atoms. The molecule has 3 rings (SSSR count). The summed E-state index contributed by atoms with van der Waals surface area (Å²) >= 11 is 1.31. The number of thioether (sulfide) groups is 1. The molecule has 0 aliphatic carbocycles. The minimum atomic E-state index is -0.401. The molecule has 2 aromatic carbocycles. The molecule has 0 saturated carbocycles. The molecule has 0 radical (unpaired) electrons. The maximum Gasteiger partial charge on any atom is 0.318 e. The molecular weight excluding hydrogens is 362 g/mol. The zero-order valence-electron chi connectivity index (χ0n) is 15.7. The van der Waals surface area contributed by atoms with E-state index in [1.54, 1.807) is 14.0 Å². The third-order valence-corrected chi connectivity index (χ3v) is 5.08. The monoisotopic (exact) mass is 383 g/mol. The fourth-order valence-corrected chi connectivity index (χ4v) is 3.55. The molecule has 1 atom stereocenters. The molecule has 0 bridgehead atoms. The number of aryl methyl sites for hydroxylation is 1. The van der Waals surface area contributed by atoms with Crippen LogP contribution in [0.1, 0.15) is 12.5 Å². The second kappa shape index (κ2) is 8.26. The van der Waals surface area contributed by atoms with Crippen LogP contribution in [0.4, 0.5) is 0 Å². The summed E-state index contributed by atoms with van der Waals surface area (Å²) in [5, 5.41) is 8.95. The van der Waals surface area contributed by atoms with Crippen LogP contribution < -0.4 is 4.74 Å². The fraction of sp³-hybridized carbons (Fsp3) is 0.250. The molecule has 0 amide bonds. The predicted molar refractivity (Wildman–Crippen MR) is 105 cm³/mol. The SMILES string of the molecule is COC(=O)C(C)Sc1nnc(-c2cccc(C)c2)n1-c1ccc(OC)cc1. The van der Waals surface area contributed by atoms with E-state index in [1.165, 1.54) is 18.9 Å². The number of rotatable bonds is 6. The van der Waals surface area contributed by atoms with E-state index in [-0.39, 0.29) is 5.97 Å². The summed E-state index contributed by atoms with van der Waals surface area (Å²) in [4.78, 5) is 11.9. The third-order valence-electron chi connectivity index (χ3n) is 4.06. The highest BCUT2D eigenvalue weighted by atomic mass is 32.2. The first kappa shape index (κ1) is 19.0. The highest BCUT2D eigenvalue weighted by molar-refractivity contribution is 8.00. The van der Waals surface area contributed by atoms with Gasteiger partial charge in [-0.1, -0.05) is 35.5 Å². The topological polar surface area (TPSA) is 66.2 Å². The van der Waals surface area contributed by atoms with Gasteiger partial charge in [0, 0.05) is 11.3 Å². The summed E-state index contributed by atoms with van der Waals surface area (Å²) in [5.41, 5.74) is 2.97. The van der Waals surface area contributed by atoms with E-state index in [1.807, 2.05) is 54.0 Å². The van der Waals surface area contributed by atoms with Crippen LogP contribution in [-0.4, -0.2) is 40.2 Å². The van der Waals surface area contributed by atoms with Gasteiger partial charge in [-0.25, -0.2) is 0 Å². The Labute approximate surface area is 162 Å². The Kier molecular flexibility index (Phi) is 5.81. The van der Waals surface area contributed by atoms with Crippen LogP contribution in [0, 0.1) is 6.92 Å². The lowest BCUT2D eigenvalue weighted by molar-refractivity contribution is -0.139. The van der Waals surface area contributed by atoms with Crippen molar-refractivity contribution in [3.8, 4) is 22.8 Å². The number of methoxy groups -OCH3 is 2. The van der Waals surface area contributed by atoms with E-state index < -0.39 is 5.25 Å². The van der Waals surface area contributed by atoms with Crippen LogP contribution >= 0.6 is 11.8 Å². The largest absolute Gasteiger partial charge is 0.497 e. The highest BCUT2D eigenvalue weighted by Gasteiger charge is 2.22. The third kappa shape index (κ3) is 4.14. The van der Waals surface area contributed by atoms with E-state index in [0.29, 0.717) is 11.0 Å². The number of nitrogens with zero attached hydrogens (tertiary/aromatic N) is 3. The quantitative estimate of drug-likeness (QED) is 0.475. The van der Waals surface area contributed by atoms with E-state index in [4.69, 9.17) is 9.47 Å². The maximum absolute atomic E-state index is 11.9. The molecule has 1 heterocycles. The van der Waals surface area contributed by atoms with Crippen molar-refractivity contribution in [1.29, 1.82) is 0 Å². The van der Waals surface area contributed by atoms with Gasteiger partial charge in [0.05, 0.1) is 14.2 Å². The molecule has 0 aliphatic heterocycles. The van der Waals surface area contributed by atoms with Crippen molar-refractivity contribution in [3.63, 3.8) is 0 Å². The first-order valence-electron chi connectivity index (χ1n) is 8.45. The number of hydrogen-bond donors (Lipinski definition) is 0. The minimum absolute atomic E-state index is 0.304. The predicted octanol–water partition coefficient (Wildman–Crippen LogP) is 3.90. The van der Waals surface area contributed by atoms with Crippen molar-refractivity contribution in [2.45, 2.75) is 24.3 Å². The smallest absolute Gasteiger partial charge is 0.318 e. The number of hydrogen-bond acceptors (Lipinski definition) is 6. The molecule has 1 unspecified atom stereocenters. The zero-order chi connectivity index (χ0) is 19.4. The summed E-state index contributed by atoms with van der Waals surface area (Å²) < 4.78 is 12.0. The minimum Gasteiger partial charge on any atom is -0.497 e. The van der Waals surface area contributed by atoms with Crippen LogP contribution in [0.5, 0.6) is 5.75 Å². The van der Waals surface area contributed by atoms with Gasteiger partial charge in [-0.3, -0.25) is 9.36 Å². The molecule has 0 N–H and O–H groups in total. The Bertz CT molecular complexity index is 938. The van der Waals surface area contributed by atoms with Crippen LogP contribution in [0.2, 0.25) is 0 Å². The van der Waals surface area contributed by atoms with Crippen LogP contribution in [0.3, 0.4) is 0 Å². The number of aromatic nitrogens is 3. The molecule has 0 aliphatic rings. The van der Waals surface area contributed by atoms with Crippen molar-refractivity contribution in [3.05, 3.63) is 54.1 Å². The van der Waals surface area contributed by atoms with Gasteiger partial charge in [0.15, 0.2) is 11.0 Å². The van der Waals surface area contributed by atoms with E-state index in [9.17, 15) is 4.79 Å². The Balaban J connectivity index is 2.09. The maximum atomic E-state index is 11.9. The van der Waals surface area contributed by atoms with Crippen molar-refractivity contribution < 1.29 is 14.3 Å². The van der Waals surface area contributed by atoms with Crippen molar-refractivity contribution in [2.24, 2.45) is 0 Å². The lowest BCUT2D eigenvalue weighted by atomic mass is 10.1. The lowest BCUT2D eigenvalue weighted by Crippen LogP contribution is -2.15. The Hall–Kier alpha value is -2.80. The molecular formula is C20H21N3O3S. The average Bonchev–Trinajstić information content (AvgIpc) is 3.10. The summed E-state index contributed by atoms with van der Waals surface area (Å²) in [6.45, 7) is 3.82. The molecule has 7 heteroatoms. The summed E-state index contributed by atoms with van der Waals surface area (Å²) in [6, 6.07) is 15.7. The Morgan fingerprint density at radius 1 is 1.11 bits per heavy atom. The molecule has 6 nitrogen and oxygen atoms in total. The number of carbonyl (C=O) groups excluding carboxylic acids is 1. The van der Waals surface area contributed by atoms with Gasteiger partial charge in [0.25, 0.3) is 0 Å². The molecule has 0 saturated heterocycles. The molecule has 1 aromatic heterocycles. The van der Waals surface area contributed by atoms with Gasteiger partial charge in [0.2, 0.25) is 0 Å². The first-order valence-corrected chi connectivity index (χ1v) is 9.33. The summed E-state index contributed by atoms with van der Waals surface area (Å²) in [5.74, 6) is 1.17. The summed E-state index contributed by atoms with van der Waals surface area (Å²) in [7, 11) is 3.01. The van der Waals surface area contributed by atoms with E-state index in [0.717, 1.165) is 22.6 Å². The van der Waals surface area contributed by atoms with Gasteiger partial charge in [-0.2, -0.15) is 0 Å². The number of esters is 1. The van der Waals surface area contributed by atoms with Gasteiger partial charge < -0.3 is 9.47 Å². The van der Waals surface area contributed by atoms with Gasteiger partial charge >= 0.3 is 5.97 Å². The second-order valence-corrected chi connectivity index (χ2v) is 7.30. The highest BCUT2D eigenvalue weighted by Crippen LogP contribution is 2.31. The van der Waals surface area contributed by atoms with Crippen LogP contribution in [0.15, 0.2) is 53.7 Å². The second-order valence-electron chi connectivity index (χ2n) is 5.99. The molecule has 0 fully saturated rings. The van der Waals surface area contributed by atoms with Crippen molar-refractivity contribution in [2.75, 3.05) is 14.2 Å². The van der Waals surface area contributed by atoms with Crippen molar-refractivity contribution >= 4 is 17.7 Å². The molecule has 140 valence electrons. The molecule has 0 spiro atoms. The zero-order valence-corrected chi connectivity index (χ0v) is 16.5. The van der Waals surface area contributed by atoms with Gasteiger partial charge in [-0.15, -0.1) is 10.2 Å². The first-order chi connectivity index (χ1) is 13.0. The summed E-state index contributed by atoms with van der Waals surface area (Å²) in [6.07, 6.45) is 0. The Morgan fingerprint density at radius 2 is 1.85 bits per heavy atom. The Morgan fingerprint density at radius 3 is 2.48 bits per heavy atom.